The molecule has 1 amide bonds. The predicted molar refractivity (Wildman–Crippen MR) is 107 cm³/mol. The molecule has 0 aliphatic carbocycles. The van der Waals surface area contributed by atoms with Crippen molar-refractivity contribution in [2.45, 2.75) is 11.4 Å². The number of nitrogens with zero attached hydrogens (tertiary/aromatic N) is 3. The smallest absolute Gasteiger partial charge is 0.279 e. The fourth-order valence-electron chi connectivity index (χ4n) is 2.64. The summed E-state index contributed by atoms with van der Waals surface area (Å²) in [5.74, 6) is -2.12. The summed E-state index contributed by atoms with van der Waals surface area (Å²) >= 11 is 0.972. The zero-order valence-corrected chi connectivity index (χ0v) is 17.2. The first-order valence-corrected chi connectivity index (χ1v) is 10.6. The van der Waals surface area contributed by atoms with E-state index in [1.54, 1.807) is 0 Å². The summed E-state index contributed by atoms with van der Waals surface area (Å²) in [7, 11) is -0.801. The minimum Gasteiger partial charge on any atom is -0.310 e. The molecule has 152 valence electrons. The Labute approximate surface area is 170 Å². The lowest BCUT2D eigenvalue weighted by Crippen LogP contribution is -2.22. The van der Waals surface area contributed by atoms with Crippen molar-refractivity contribution in [2.24, 2.45) is 4.99 Å². The van der Waals surface area contributed by atoms with Crippen molar-refractivity contribution in [3.05, 3.63) is 71.1 Å². The fraction of sp³-hybridized carbons (Fsp3) is 0.158. The Morgan fingerprint density at radius 3 is 2.48 bits per heavy atom. The summed E-state index contributed by atoms with van der Waals surface area (Å²) in [4.78, 5) is 16.8. The summed E-state index contributed by atoms with van der Waals surface area (Å²) < 4.78 is 54.8. The number of hydrogen-bond acceptors (Lipinski definition) is 4. The van der Waals surface area contributed by atoms with E-state index in [1.807, 2.05) is 0 Å². The van der Waals surface area contributed by atoms with E-state index in [1.165, 1.54) is 55.1 Å². The van der Waals surface area contributed by atoms with Gasteiger partial charge in [0.05, 0.1) is 15.1 Å². The van der Waals surface area contributed by atoms with Gasteiger partial charge in [0, 0.05) is 32.3 Å². The lowest BCUT2D eigenvalue weighted by molar-refractivity contribution is 0.0997. The molecule has 0 saturated carbocycles. The van der Waals surface area contributed by atoms with E-state index in [4.69, 9.17) is 0 Å². The maximum Gasteiger partial charge on any atom is 0.279 e. The van der Waals surface area contributed by atoms with Gasteiger partial charge >= 0.3 is 0 Å². The number of fused-ring (bicyclic) bond motifs is 1. The first kappa shape index (κ1) is 21.0. The van der Waals surface area contributed by atoms with Gasteiger partial charge in [-0.1, -0.05) is 17.4 Å². The maximum absolute atomic E-state index is 14.3. The van der Waals surface area contributed by atoms with Crippen LogP contribution in [0.15, 0.2) is 58.9 Å². The largest absolute Gasteiger partial charge is 0.310 e. The number of benzene rings is 2. The third kappa shape index (κ3) is 4.04. The van der Waals surface area contributed by atoms with Crippen LogP contribution in [0.5, 0.6) is 0 Å². The molecule has 0 spiro atoms. The highest BCUT2D eigenvalue weighted by atomic mass is 32.2. The zero-order chi connectivity index (χ0) is 21.3. The van der Waals surface area contributed by atoms with Crippen LogP contribution in [0.1, 0.15) is 10.4 Å². The quantitative estimate of drug-likeness (QED) is 0.576. The Bertz CT molecular complexity index is 1270. The average Bonchev–Trinajstić information content (AvgIpc) is 2.99. The van der Waals surface area contributed by atoms with E-state index >= 15 is 0 Å². The molecule has 0 atom stereocenters. The molecule has 3 aromatic rings. The summed E-state index contributed by atoms with van der Waals surface area (Å²) in [6, 6.07) is 7.28. The van der Waals surface area contributed by atoms with Crippen LogP contribution in [0.3, 0.4) is 0 Å². The second-order valence-electron chi connectivity index (χ2n) is 6.25. The number of sulfonamides is 1. The molecule has 29 heavy (non-hydrogen) atoms. The first-order valence-electron chi connectivity index (χ1n) is 8.36. The van der Waals surface area contributed by atoms with Gasteiger partial charge < -0.3 is 4.57 Å². The number of allylic oxidation sites excluding steroid dienone is 1. The van der Waals surface area contributed by atoms with Gasteiger partial charge in [-0.25, -0.2) is 21.5 Å². The molecule has 3 rings (SSSR count). The number of amides is 1. The Morgan fingerprint density at radius 1 is 1.24 bits per heavy atom. The molecule has 0 aliphatic rings. The van der Waals surface area contributed by atoms with Crippen molar-refractivity contribution in [3.63, 3.8) is 0 Å². The fourth-order valence-corrected chi connectivity index (χ4v) is 4.62. The summed E-state index contributed by atoms with van der Waals surface area (Å²) in [5.41, 5.74) is 0.298. The Hall–Kier alpha value is -2.69. The molecule has 6 nitrogen and oxygen atoms in total. The van der Waals surface area contributed by atoms with Crippen LogP contribution in [-0.2, 0) is 16.6 Å². The third-order valence-corrected chi connectivity index (χ3v) is 6.94. The van der Waals surface area contributed by atoms with Gasteiger partial charge in [0.2, 0.25) is 10.0 Å². The summed E-state index contributed by atoms with van der Waals surface area (Å²) in [6.07, 6.45) is 1.51. The second kappa shape index (κ2) is 7.97. The molecule has 1 aromatic heterocycles. The van der Waals surface area contributed by atoms with Crippen LogP contribution in [-0.4, -0.2) is 37.3 Å². The molecule has 0 radical (unpaired) electrons. The number of hydrogen-bond donors (Lipinski definition) is 0. The van der Waals surface area contributed by atoms with E-state index in [0.29, 0.717) is 4.70 Å². The van der Waals surface area contributed by atoms with E-state index < -0.39 is 27.6 Å². The van der Waals surface area contributed by atoms with Gasteiger partial charge in [-0.3, -0.25) is 4.79 Å². The van der Waals surface area contributed by atoms with Crippen molar-refractivity contribution in [1.29, 1.82) is 0 Å². The van der Waals surface area contributed by atoms with Crippen LogP contribution in [0, 0.1) is 11.6 Å². The molecule has 0 N–H and O–H groups in total. The van der Waals surface area contributed by atoms with Gasteiger partial charge in [0.15, 0.2) is 10.6 Å². The number of halogens is 2. The molecule has 2 aromatic carbocycles. The molecular formula is C19H17F2N3O3S2. The average molecular weight is 437 g/mol. The normalized spacial score (nSPS) is 12.7. The SMILES string of the molecule is C=CCn1c(=NC(=O)c2ccc(S(=O)(=O)N(C)C)cc2)sc2cc(F)cc(F)c21. The van der Waals surface area contributed by atoms with Crippen LogP contribution < -0.4 is 4.80 Å². The number of carbonyl (C=O) groups is 1. The summed E-state index contributed by atoms with van der Waals surface area (Å²) in [6.45, 7) is 3.79. The van der Waals surface area contributed by atoms with Crippen molar-refractivity contribution in [3.8, 4) is 0 Å². The molecular weight excluding hydrogens is 420 g/mol. The first-order chi connectivity index (χ1) is 13.6. The lowest BCUT2D eigenvalue weighted by atomic mass is 10.2. The predicted octanol–water partition coefficient (Wildman–Crippen LogP) is 3.16. The lowest BCUT2D eigenvalue weighted by Gasteiger charge is -2.11. The van der Waals surface area contributed by atoms with Gasteiger partial charge in [-0.15, -0.1) is 6.58 Å². The molecule has 0 saturated heterocycles. The number of carbonyl (C=O) groups excluding carboxylic acids is 1. The Balaban J connectivity index is 2.07. The van der Waals surface area contributed by atoms with E-state index in [-0.39, 0.29) is 27.3 Å². The Morgan fingerprint density at radius 2 is 1.90 bits per heavy atom. The number of aromatic nitrogens is 1. The van der Waals surface area contributed by atoms with Crippen molar-refractivity contribution in [2.75, 3.05) is 14.1 Å². The molecule has 10 heteroatoms. The molecule has 1 heterocycles. The topological polar surface area (TPSA) is 71.7 Å². The van der Waals surface area contributed by atoms with Crippen LogP contribution in [0.4, 0.5) is 8.78 Å². The highest BCUT2D eigenvalue weighted by Gasteiger charge is 2.18. The van der Waals surface area contributed by atoms with Crippen LogP contribution in [0.25, 0.3) is 10.2 Å². The maximum atomic E-state index is 14.3. The van der Waals surface area contributed by atoms with Crippen LogP contribution >= 0.6 is 11.3 Å². The number of thiazole rings is 1. The number of rotatable bonds is 5. The van der Waals surface area contributed by atoms with Gasteiger partial charge in [0.1, 0.15) is 5.82 Å². The molecule has 0 aliphatic heterocycles. The summed E-state index contributed by atoms with van der Waals surface area (Å²) in [5, 5.41) is 0. The highest BCUT2D eigenvalue weighted by molar-refractivity contribution is 7.89. The Kier molecular flexibility index (Phi) is 5.78. The second-order valence-corrected chi connectivity index (χ2v) is 9.41. The standard InChI is InChI=1S/C19H17F2N3O3S2/c1-4-9-24-17-15(21)10-13(20)11-16(17)28-19(24)22-18(25)12-5-7-14(8-6-12)29(26,27)23(2)3/h4-8,10-11H,1,9H2,2-3H3. The van der Waals surface area contributed by atoms with Gasteiger partial charge in [-0.2, -0.15) is 4.99 Å². The van der Waals surface area contributed by atoms with Crippen molar-refractivity contribution in [1.82, 2.24) is 8.87 Å². The molecule has 0 fully saturated rings. The van der Waals surface area contributed by atoms with Crippen molar-refractivity contribution < 1.29 is 22.0 Å². The highest BCUT2D eigenvalue weighted by Crippen LogP contribution is 2.22. The molecule has 0 bridgehead atoms. The van der Waals surface area contributed by atoms with Crippen molar-refractivity contribution >= 4 is 37.5 Å². The van der Waals surface area contributed by atoms with Gasteiger partial charge in [0.25, 0.3) is 5.91 Å². The minimum absolute atomic E-state index is 0.0418. The van der Waals surface area contributed by atoms with E-state index in [9.17, 15) is 22.0 Å². The zero-order valence-electron chi connectivity index (χ0n) is 15.6. The van der Waals surface area contributed by atoms with E-state index in [0.717, 1.165) is 21.7 Å². The minimum atomic E-state index is -3.62. The van der Waals surface area contributed by atoms with Gasteiger partial charge in [-0.05, 0) is 30.3 Å². The molecule has 0 unspecified atom stereocenters. The van der Waals surface area contributed by atoms with Crippen LogP contribution in [0.2, 0.25) is 0 Å². The monoisotopic (exact) mass is 437 g/mol. The van der Waals surface area contributed by atoms with E-state index in [2.05, 4.69) is 11.6 Å². The third-order valence-electron chi connectivity index (χ3n) is 4.08.